The molecule has 92 valence electrons. The van der Waals surface area contributed by atoms with E-state index in [-0.39, 0.29) is 11.1 Å². The summed E-state index contributed by atoms with van der Waals surface area (Å²) >= 11 is 12.0. The SMILES string of the molecule is Cc1cccc(C(=O)Nc2cccnc2Cl)c1Cl. The van der Waals surface area contributed by atoms with E-state index in [4.69, 9.17) is 23.2 Å². The molecule has 0 aliphatic rings. The first kappa shape index (κ1) is 12.9. The lowest BCUT2D eigenvalue weighted by atomic mass is 10.1. The van der Waals surface area contributed by atoms with Gasteiger partial charge in [0.05, 0.1) is 16.3 Å². The van der Waals surface area contributed by atoms with Crippen LogP contribution >= 0.6 is 23.2 Å². The van der Waals surface area contributed by atoms with Crippen molar-refractivity contribution >= 4 is 34.8 Å². The fraction of sp³-hybridized carbons (Fsp3) is 0.0769. The van der Waals surface area contributed by atoms with Gasteiger partial charge in [0.2, 0.25) is 0 Å². The summed E-state index contributed by atoms with van der Waals surface area (Å²) in [7, 11) is 0. The van der Waals surface area contributed by atoms with Gasteiger partial charge in [-0.1, -0.05) is 35.3 Å². The first-order valence-corrected chi connectivity index (χ1v) is 6.02. The van der Waals surface area contributed by atoms with E-state index in [1.165, 1.54) is 0 Å². The molecule has 0 aliphatic heterocycles. The van der Waals surface area contributed by atoms with Crippen molar-refractivity contribution < 1.29 is 4.79 Å². The molecule has 3 nitrogen and oxygen atoms in total. The van der Waals surface area contributed by atoms with Gasteiger partial charge in [-0.15, -0.1) is 0 Å². The molecular formula is C13H10Cl2N2O. The molecule has 2 rings (SSSR count). The van der Waals surface area contributed by atoms with Gasteiger partial charge >= 0.3 is 0 Å². The summed E-state index contributed by atoms with van der Waals surface area (Å²) in [5.74, 6) is -0.307. The van der Waals surface area contributed by atoms with Gasteiger partial charge in [-0.25, -0.2) is 4.98 Å². The minimum absolute atomic E-state index is 0.245. The van der Waals surface area contributed by atoms with Gasteiger partial charge in [-0.3, -0.25) is 4.79 Å². The highest BCUT2D eigenvalue weighted by Gasteiger charge is 2.13. The van der Waals surface area contributed by atoms with Crippen LogP contribution in [0.3, 0.4) is 0 Å². The standard InChI is InChI=1S/C13H10Cl2N2O/c1-8-4-2-5-9(11(8)14)13(18)17-10-6-3-7-16-12(10)15/h2-7H,1H3,(H,17,18). The number of nitrogens with one attached hydrogen (secondary N) is 1. The largest absolute Gasteiger partial charge is 0.319 e. The Labute approximate surface area is 115 Å². The highest BCUT2D eigenvalue weighted by molar-refractivity contribution is 6.36. The summed E-state index contributed by atoms with van der Waals surface area (Å²) in [6, 6.07) is 8.66. The number of rotatable bonds is 2. The molecule has 0 atom stereocenters. The van der Waals surface area contributed by atoms with Crippen LogP contribution in [0.25, 0.3) is 0 Å². The lowest BCUT2D eigenvalue weighted by Gasteiger charge is -2.08. The van der Waals surface area contributed by atoms with Crippen LogP contribution in [0.5, 0.6) is 0 Å². The molecule has 1 amide bonds. The molecule has 0 radical (unpaired) electrons. The molecule has 0 saturated heterocycles. The number of nitrogens with zero attached hydrogens (tertiary/aromatic N) is 1. The number of aromatic nitrogens is 1. The van der Waals surface area contributed by atoms with Gasteiger partial charge in [0, 0.05) is 6.20 Å². The van der Waals surface area contributed by atoms with Crippen molar-refractivity contribution in [3.63, 3.8) is 0 Å². The van der Waals surface area contributed by atoms with E-state index in [9.17, 15) is 4.79 Å². The number of benzene rings is 1. The summed E-state index contributed by atoms with van der Waals surface area (Å²) in [6.07, 6.45) is 1.55. The van der Waals surface area contributed by atoms with Gasteiger partial charge in [0.15, 0.2) is 5.15 Å². The normalized spacial score (nSPS) is 10.2. The molecule has 1 N–H and O–H groups in total. The molecule has 0 spiro atoms. The predicted molar refractivity (Wildman–Crippen MR) is 73.4 cm³/mol. The lowest BCUT2D eigenvalue weighted by Crippen LogP contribution is -2.13. The maximum atomic E-state index is 12.1. The number of pyridine rings is 1. The Kier molecular flexibility index (Phi) is 3.84. The maximum Gasteiger partial charge on any atom is 0.257 e. The number of hydrogen-bond donors (Lipinski definition) is 1. The van der Waals surface area contributed by atoms with Gasteiger partial charge in [0.1, 0.15) is 0 Å². The van der Waals surface area contributed by atoms with Crippen molar-refractivity contribution in [1.29, 1.82) is 0 Å². The quantitative estimate of drug-likeness (QED) is 0.847. The van der Waals surface area contributed by atoms with Crippen LogP contribution in [0, 0.1) is 6.92 Å². The fourth-order valence-electron chi connectivity index (χ4n) is 1.49. The molecule has 1 aromatic carbocycles. The number of hydrogen-bond acceptors (Lipinski definition) is 2. The Morgan fingerprint density at radius 3 is 2.72 bits per heavy atom. The van der Waals surface area contributed by atoms with Crippen molar-refractivity contribution in [2.24, 2.45) is 0 Å². The van der Waals surface area contributed by atoms with Crippen molar-refractivity contribution in [1.82, 2.24) is 4.98 Å². The molecular weight excluding hydrogens is 271 g/mol. The minimum Gasteiger partial charge on any atom is -0.319 e. The second-order valence-corrected chi connectivity index (χ2v) is 4.47. The second-order valence-electron chi connectivity index (χ2n) is 3.73. The van der Waals surface area contributed by atoms with E-state index in [2.05, 4.69) is 10.3 Å². The average Bonchev–Trinajstić information content (AvgIpc) is 2.35. The van der Waals surface area contributed by atoms with E-state index in [0.29, 0.717) is 16.3 Å². The number of aryl methyl sites for hydroxylation is 1. The highest BCUT2D eigenvalue weighted by Crippen LogP contribution is 2.23. The first-order valence-electron chi connectivity index (χ1n) is 5.26. The van der Waals surface area contributed by atoms with E-state index in [0.717, 1.165) is 5.56 Å². The molecule has 0 bridgehead atoms. The average molecular weight is 281 g/mol. The minimum atomic E-state index is -0.307. The van der Waals surface area contributed by atoms with Gasteiger partial charge in [0.25, 0.3) is 5.91 Å². The summed E-state index contributed by atoms with van der Waals surface area (Å²) in [5, 5.41) is 3.36. The Balaban J connectivity index is 2.28. The predicted octanol–water partition coefficient (Wildman–Crippen LogP) is 3.95. The number of carbonyl (C=O) groups is 1. The zero-order chi connectivity index (χ0) is 13.1. The van der Waals surface area contributed by atoms with Gasteiger partial charge in [-0.2, -0.15) is 0 Å². The van der Waals surface area contributed by atoms with E-state index in [1.807, 2.05) is 13.0 Å². The molecule has 0 unspecified atom stereocenters. The molecule has 2 aromatic rings. The maximum absolute atomic E-state index is 12.1. The number of anilines is 1. The highest BCUT2D eigenvalue weighted by atomic mass is 35.5. The molecule has 0 aliphatic carbocycles. The van der Waals surface area contributed by atoms with Crippen LogP contribution < -0.4 is 5.32 Å². The van der Waals surface area contributed by atoms with Crippen molar-refractivity contribution in [2.75, 3.05) is 5.32 Å². The smallest absolute Gasteiger partial charge is 0.257 e. The van der Waals surface area contributed by atoms with Gasteiger partial charge in [-0.05, 0) is 30.7 Å². The third-order valence-corrected chi connectivity index (χ3v) is 3.25. The molecule has 18 heavy (non-hydrogen) atoms. The number of carbonyl (C=O) groups excluding carboxylic acids is 1. The Morgan fingerprint density at radius 2 is 2.00 bits per heavy atom. The summed E-state index contributed by atoms with van der Waals surface area (Å²) in [4.78, 5) is 15.9. The Bertz CT molecular complexity index is 599. The molecule has 0 saturated carbocycles. The van der Waals surface area contributed by atoms with Crippen LogP contribution in [0.2, 0.25) is 10.2 Å². The van der Waals surface area contributed by atoms with Gasteiger partial charge < -0.3 is 5.32 Å². The molecule has 5 heteroatoms. The van der Waals surface area contributed by atoms with E-state index in [1.54, 1.807) is 30.5 Å². The third kappa shape index (κ3) is 2.63. The first-order chi connectivity index (χ1) is 8.59. The monoisotopic (exact) mass is 280 g/mol. The number of amides is 1. The summed E-state index contributed by atoms with van der Waals surface area (Å²) < 4.78 is 0. The van der Waals surface area contributed by atoms with Crippen LogP contribution in [-0.2, 0) is 0 Å². The van der Waals surface area contributed by atoms with Crippen molar-refractivity contribution in [3.8, 4) is 0 Å². The molecule has 1 aromatic heterocycles. The zero-order valence-electron chi connectivity index (χ0n) is 9.58. The van der Waals surface area contributed by atoms with Crippen molar-refractivity contribution in [2.45, 2.75) is 6.92 Å². The second kappa shape index (κ2) is 5.38. The third-order valence-electron chi connectivity index (χ3n) is 2.44. The molecule has 1 heterocycles. The molecule has 0 fully saturated rings. The van der Waals surface area contributed by atoms with Crippen LogP contribution in [0.1, 0.15) is 15.9 Å². The van der Waals surface area contributed by atoms with Crippen molar-refractivity contribution in [3.05, 3.63) is 57.8 Å². The van der Waals surface area contributed by atoms with Crippen LogP contribution in [-0.4, -0.2) is 10.9 Å². The number of halogens is 2. The zero-order valence-corrected chi connectivity index (χ0v) is 11.1. The summed E-state index contributed by atoms with van der Waals surface area (Å²) in [6.45, 7) is 1.84. The summed E-state index contributed by atoms with van der Waals surface area (Å²) in [5.41, 5.74) is 1.72. The van der Waals surface area contributed by atoms with Crippen LogP contribution in [0.15, 0.2) is 36.5 Å². The van der Waals surface area contributed by atoms with E-state index >= 15 is 0 Å². The lowest BCUT2D eigenvalue weighted by molar-refractivity contribution is 0.102. The Hall–Kier alpha value is -1.58. The van der Waals surface area contributed by atoms with E-state index < -0.39 is 0 Å². The van der Waals surface area contributed by atoms with Crippen LogP contribution in [0.4, 0.5) is 5.69 Å². The topological polar surface area (TPSA) is 42.0 Å². The Morgan fingerprint density at radius 1 is 1.22 bits per heavy atom. The fourth-order valence-corrected chi connectivity index (χ4v) is 1.87.